The molecule has 1 fully saturated rings. The van der Waals surface area contributed by atoms with Crippen molar-refractivity contribution in [1.29, 1.82) is 0 Å². The van der Waals surface area contributed by atoms with Crippen LogP contribution < -0.4 is 5.73 Å². The first-order valence-electron chi connectivity index (χ1n) is 6.50. The molecule has 1 atom stereocenters. The Morgan fingerprint density at radius 2 is 2.12 bits per heavy atom. The Morgan fingerprint density at radius 1 is 1.41 bits per heavy atom. The van der Waals surface area contributed by atoms with Crippen molar-refractivity contribution in [3.8, 4) is 0 Å². The third kappa shape index (κ3) is 2.97. The van der Waals surface area contributed by atoms with E-state index in [9.17, 15) is 5.11 Å². The van der Waals surface area contributed by atoms with Crippen molar-refractivity contribution < 1.29 is 5.11 Å². The summed E-state index contributed by atoms with van der Waals surface area (Å²) in [5.74, 6) is 0.399. The minimum atomic E-state index is -0.655. The minimum absolute atomic E-state index is 0.399. The van der Waals surface area contributed by atoms with Gasteiger partial charge in [0.05, 0.1) is 5.60 Å². The van der Waals surface area contributed by atoms with Crippen LogP contribution >= 0.6 is 0 Å². The zero-order valence-corrected chi connectivity index (χ0v) is 10.5. The fraction of sp³-hybridized carbons (Fsp3) is 0.643. The van der Waals surface area contributed by atoms with Gasteiger partial charge in [0.25, 0.3) is 0 Å². The van der Waals surface area contributed by atoms with Gasteiger partial charge in [-0.15, -0.1) is 0 Å². The Balaban J connectivity index is 2.08. The first-order chi connectivity index (χ1) is 8.09. The number of pyridine rings is 1. The molecule has 0 bridgehead atoms. The fourth-order valence-electron chi connectivity index (χ4n) is 2.84. The first kappa shape index (κ1) is 12.4. The van der Waals surface area contributed by atoms with Crippen LogP contribution in [-0.2, 0) is 6.42 Å². The van der Waals surface area contributed by atoms with Crippen LogP contribution in [0.2, 0.25) is 0 Å². The number of aromatic nitrogens is 1. The molecule has 2 rings (SSSR count). The summed E-state index contributed by atoms with van der Waals surface area (Å²) in [5, 5.41) is 10.6. The lowest BCUT2D eigenvalue weighted by Crippen LogP contribution is -2.38. The van der Waals surface area contributed by atoms with Gasteiger partial charge in [-0.3, -0.25) is 4.98 Å². The molecule has 1 aromatic rings. The monoisotopic (exact) mass is 234 g/mol. The molecule has 0 amide bonds. The summed E-state index contributed by atoms with van der Waals surface area (Å²) in [6, 6.07) is 1.80. The smallest absolute Gasteiger partial charge is 0.0689 e. The van der Waals surface area contributed by atoms with Crippen molar-refractivity contribution in [2.45, 2.75) is 51.0 Å². The summed E-state index contributed by atoms with van der Waals surface area (Å²) in [7, 11) is 0. The number of anilines is 1. The van der Waals surface area contributed by atoms with E-state index >= 15 is 0 Å². The van der Waals surface area contributed by atoms with Crippen LogP contribution in [0.25, 0.3) is 0 Å². The average molecular weight is 234 g/mol. The molecule has 3 nitrogen and oxygen atoms in total. The van der Waals surface area contributed by atoms with Crippen LogP contribution in [-0.4, -0.2) is 15.7 Å². The number of nitrogens with two attached hydrogens (primary N) is 1. The minimum Gasteiger partial charge on any atom is -0.398 e. The summed E-state index contributed by atoms with van der Waals surface area (Å²) in [6.07, 6.45) is 10.1. The quantitative estimate of drug-likeness (QED) is 0.845. The average Bonchev–Trinajstić information content (AvgIpc) is 2.33. The van der Waals surface area contributed by atoms with E-state index in [-0.39, 0.29) is 0 Å². The van der Waals surface area contributed by atoms with Gasteiger partial charge in [0.1, 0.15) is 0 Å². The largest absolute Gasteiger partial charge is 0.398 e. The molecule has 0 radical (unpaired) electrons. The third-order valence-corrected chi connectivity index (χ3v) is 3.97. The number of nitrogens with zero attached hydrogens (tertiary/aromatic N) is 1. The van der Waals surface area contributed by atoms with Gasteiger partial charge in [0.15, 0.2) is 0 Å². The molecule has 0 saturated heterocycles. The van der Waals surface area contributed by atoms with Crippen LogP contribution in [0.4, 0.5) is 5.69 Å². The molecule has 1 unspecified atom stereocenters. The van der Waals surface area contributed by atoms with Gasteiger partial charge in [-0.2, -0.15) is 0 Å². The van der Waals surface area contributed by atoms with Crippen molar-refractivity contribution in [2.75, 3.05) is 5.73 Å². The van der Waals surface area contributed by atoms with Gasteiger partial charge in [0.2, 0.25) is 0 Å². The molecule has 0 aliphatic heterocycles. The van der Waals surface area contributed by atoms with Crippen LogP contribution in [0.3, 0.4) is 0 Å². The van der Waals surface area contributed by atoms with E-state index in [2.05, 4.69) is 4.98 Å². The highest BCUT2D eigenvalue weighted by Gasteiger charge is 2.33. The lowest BCUT2D eigenvalue weighted by Gasteiger charge is -2.36. The van der Waals surface area contributed by atoms with E-state index in [4.69, 9.17) is 5.73 Å². The van der Waals surface area contributed by atoms with Gasteiger partial charge in [-0.25, -0.2) is 0 Å². The molecule has 1 saturated carbocycles. The highest BCUT2D eigenvalue weighted by Crippen LogP contribution is 2.35. The predicted molar refractivity (Wildman–Crippen MR) is 69.6 cm³/mol. The highest BCUT2D eigenvalue weighted by molar-refractivity contribution is 5.45. The maximum atomic E-state index is 10.6. The lowest BCUT2D eigenvalue weighted by atomic mass is 9.75. The second kappa shape index (κ2) is 5.05. The van der Waals surface area contributed by atoms with E-state index in [1.165, 1.54) is 19.3 Å². The van der Waals surface area contributed by atoms with Crippen LogP contribution in [0.5, 0.6) is 0 Å². The molecule has 0 aromatic carbocycles. The molecule has 94 valence electrons. The predicted octanol–water partition coefficient (Wildman–Crippen LogP) is 2.54. The molecule has 1 aliphatic rings. The molecule has 1 heterocycles. The maximum Gasteiger partial charge on any atom is 0.0689 e. The van der Waals surface area contributed by atoms with Crippen molar-refractivity contribution in [1.82, 2.24) is 4.98 Å². The molecular weight excluding hydrogens is 212 g/mol. The van der Waals surface area contributed by atoms with E-state index in [0.717, 1.165) is 24.1 Å². The topological polar surface area (TPSA) is 59.1 Å². The summed E-state index contributed by atoms with van der Waals surface area (Å²) < 4.78 is 0. The zero-order valence-electron chi connectivity index (χ0n) is 10.5. The van der Waals surface area contributed by atoms with Crippen LogP contribution in [0.1, 0.15) is 44.6 Å². The molecule has 0 spiro atoms. The number of aliphatic hydroxyl groups is 1. The fourth-order valence-corrected chi connectivity index (χ4v) is 2.84. The number of rotatable bonds is 3. The second-order valence-corrected chi connectivity index (χ2v) is 5.44. The Labute approximate surface area is 103 Å². The maximum absolute atomic E-state index is 10.6. The SMILES string of the molecule is CC(O)(Cc1cnccc1N)C1CCCCC1. The standard InChI is InChI=1S/C14H22N2O/c1-14(17,12-5-3-2-4-6-12)9-11-10-16-8-7-13(11)15/h7-8,10,12,17H,2-6,9H2,1H3,(H2,15,16). The van der Waals surface area contributed by atoms with Crippen LogP contribution in [0, 0.1) is 5.92 Å². The highest BCUT2D eigenvalue weighted by atomic mass is 16.3. The molecule has 1 aromatic heterocycles. The Morgan fingerprint density at radius 3 is 2.76 bits per heavy atom. The van der Waals surface area contributed by atoms with E-state index in [0.29, 0.717) is 12.3 Å². The van der Waals surface area contributed by atoms with Gasteiger partial charge in [0, 0.05) is 24.5 Å². The Hall–Kier alpha value is -1.09. The lowest BCUT2D eigenvalue weighted by molar-refractivity contribution is -0.0158. The van der Waals surface area contributed by atoms with Gasteiger partial charge in [-0.1, -0.05) is 19.3 Å². The molecule has 17 heavy (non-hydrogen) atoms. The van der Waals surface area contributed by atoms with Crippen LogP contribution in [0.15, 0.2) is 18.5 Å². The van der Waals surface area contributed by atoms with Crippen molar-refractivity contribution >= 4 is 5.69 Å². The Bertz CT molecular complexity index is 370. The molecular formula is C14H22N2O. The van der Waals surface area contributed by atoms with Crippen molar-refractivity contribution in [2.24, 2.45) is 5.92 Å². The summed E-state index contributed by atoms with van der Waals surface area (Å²) in [4.78, 5) is 4.08. The Kier molecular flexibility index (Phi) is 3.67. The van der Waals surface area contributed by atoms with E-state index in [1.54, 1.807) is 18.5 Å². The van der Waals surface area contributed by atoms with Gasteiger partial charge >= 0.3 is 0 Å². The molecule has 3 N–H and O–H groups in total. The number of hydrogen-bond donors (Lipinski definition) is 2. The number of nitrogen functional groups attached to an aromatic ring is 1. The normalized spacial score (nSPS) is 21.1. The van der Waals surface area contributed by atoms with Crippen molar-refractivity contribution in [3.63, 3.8) is 0 Å². The van der Waals surface area contributed by atoms with Gasteiger partial charge < -0.3 is 10.8 Å². The summed E-state index contributed by atoms with van der Waals surface area (Å²) in [5.41, 5.74) is 6.94. The summed E-state index contributed by atoms with van der Waals surface area (Å²) >= 11 is 0. The van der Waals surface area contributed by atoms with E-state index in [1.807, 2.05) is 6.92 Å². The van der Waals surface area contributed by atoms with Gasteiger partial charge in [-0.05, 0) is 37.3 Å². The van der Waals surface area contributed by atoms with E-state index < -0.39 is 5.60 Å². The molecule has 3 heteroatoms. The number of hydrogen-bond acceptors (Lipinski definition) is 3. The summed E-state index contributed by atoms with van der Waals surface area (Å²) in [6.45, 7) is 1.94. The molecule has 1 aliphatic carbocycles. The second-order valence-electron chi connectivity index (χ2n) is 5.44. The zero-order chi connectivity index (χ0) is 12.3. The van der Waals surface area contributed by atoms with Crippen molar-refractivity contribution in [3.05, 3.63) is 24.0 Å². The third-order valence-electron chi connectivity index (χ3n) is 3.97. The first-order valence-corrected chi connectivity index (χ1v) is 6.50.